The first-order chi connectivity index (χ1) is 13.7. The van der Waals surface area contributed by atoms with Gasteiger partial charge in [-0.05, 0) is 38.8 Å². The fraction of sp³-hybridized carbons (Fsp3) is 0.571. The molecule has 1 aromatic carbocycles. The quantitative estimate of drug-likeness (QED) is 0.389. The molecule has 2 N–H and O–H groups in total. The predicted octanol–water partition coefficient (Wildman–Crippen LogP) is 3.25. The summed E-state index contributed by atoms with van der Waals surface area (Å²) in [4.78, 5) is 4.28. The van der Waals surface area contributed by atoms with E-state index in [0.717, 1.165) is 41.9 Å². The number of fused-ring (bicyclic) bond motifs is 1. The Morgan fingerprint density at radius 1 is 1.39 bits per heavy atom. The molecule has 1 aliphatic rings. The van der Waals surface area contributed by atoms with Crippen LogP contribution < -0.4 is 15.4 Å². The first-order valence-corrected chi connectivity index (χ1v) is 10.0. The molecule has 0 amide bonds. The van der Waals surface area contributed by atoms with Crippen molar-refractivity contribution < 1.29 is 18.6 Å². The van der Waals surface area contributed by atoms with E-state index in [1.54, 1.807) is 7.05 Å². The van der Waals surface area contributed by atoms with E-state index in [4.69, 9.17) is 18.6 Å². The monoisotopic (exact) mass is 389 g/mol. The van der Waals surface area contributed by atoms with Gasteiger partial charge < -0.3 is 29.3 Å². The van der Waals surface area contributed by atoms with E-state index in [0.29, 0.717) is 32.3 Å². The average molecular weight is 389 g/mol. The molecule has 1 aromatic heterocycles. The van der Waals surface area contributed by atoms with Gasteiger partial charge in [0.05, 0.1) is 32.0 Å². The van der Waals surface area contributed by atoms with Crippen LogP contribution in [0.3, 0.4) is 0 Å². The minimum atomic E-state index is -0.0408. The van der Waals surface area contributed by atoms with Gasteiger partial charge in [0, 0.05) is 25.6 Å². The topological polar surface area (TPSA) is 77.2 Å². The van der Waals surface area contributed by atoms with E-state index in [1.165, 1.54) is 0 Å². The molecule has 0 aliphatic carbocycles. The van der Waals surface area contributed by atoms with E-state index < -0.39 is 0 Å². The number of nitrogens with zero attached hydrogens (tertiary/aromatic N) is 1. The molecule has 2 aromatic rings. The van der Waals surface area contributed by atoms with Gasteiger partial charge in [0.2, 0.25) is 0 Å². The molecular weight excluding hydrogens is 358 g/mol. The third-order valence-corrected chi connectivity index (χ3v) is 4.70. The fourth-order valence-electron chi connectivity index (χ4n) is 3.24. The Labute approximate surface area is 166 Å². The van der Waals surface area contributed by atoms with Crippen molar-refractivity contribution in [2.24, 2.45) is 4.99 Å². The summed E-state index contributed by atoms with van der Waals surface area (Å²) in [6.07, 6.45) is 2.48. The number of guanidine groups is 1. The zero-order valence-electron chi connectivity index (χ0n) is 17.0. The summed E-state index contributed by atoms with van der Waals surface area (Å²) in [5, 5.41) is 7.65. The normalized spacial score (nSPS) is 18.4. The van der Waals surface area contributed by atoms with Crippen molar-refractivity contribution in [2.75, 3.05) is 40.0 Å². The highest BCUT2D eigenvalue weighted by atomic mass is 16.5. The average Bonchev–Trinajstić information content (AvgIpc) is 3.37. The highest BCUT2D eigenvalue weighted by Gasteiger charge is 2.16. The molecule has 2 unspecified atom stereocenters. The summed E-state index contributed by atoms with van der Waals surface area (Å²) in [5.41, 5.74) is 0.776. The van der Waals surface area contributed by atoms with E-state index >= 15 is 0 Å². The Bertz CT molecular complexity index is 768. The molecule has 3 rings (SSSR count). The molecule has 2 atom stereocenters. The van der Waals surface area contributed by atoms with Crippen molar-refractivity contribution in [1.82, 2.24) is 10.6 Å². The maximum Gasteiger partial charge on any atom is 0.191 e. The highest BCUT2D eigenvalue weighted by molar-refractivity contribution is 5.84. The van der Waals surface area contributed by atoms with E-state index in [-0.39, 0.29) is 12.1 Å². The van der Waals surface area contributed by atoms with Crippen LogP contribution in [0.4, 0.5) is 0 Å². The van der Waals surface area contributed by atoms with Crippen LogP contribution in [0, 0.1) is 0 Å². The van der Waals surface area contributed by atoms with Crippen LogP contribution in [0.25, 0.3) is 11.0 Å². The molecule has 7 nitrogen and oxygen atoms in total. The standard InChI is InChI=1S/C21H31N3O4/c1-4-26-18-9-5-7-16-13-19(28-20(16)18)15(2)24-21(22-3)23-10-12-25-14-17-8-6-11-27-17/h5,7,9,13,15,17H,4,6,8,10-12,14H2,1-3H3,(H2,22,23,24). The predicted molar refractivity (Wildman–Crippen MR) is 110 cm³/mol. The van der Waals surface area contributed by atoms with Crippen molar-refractivity contribution in [2.45, 2.75) is 38.8 Å². The molecule has 0 bridgehead atoms. The van der Waals surface area contributed by atoms with Crippen molar-refractivity contribution in [3.05, 3.63) is 30.0 Å². The number of benzene rings is 1. The molecule has 1 aliphatic heterocycles. The Morgan fingerprint density at radius 3 is 3.04 bits per heavy atom. The Balaban J connectivity index is 1.48. The summed E-state index contributed by atoms with van der Waals surface area (Å²) in [6, 6.07) is 7.92. The van der Waals surface area contributed by atoms with E-state index in [2.05, 4.69) is 15.6 Å². The SMILES string of the molecule is CCOc1cccc2cc(C(C)NC(=NC)NCCOCC3CCCO3)oc12. The van der Waals surface area contributed by atoms with Crippen LogP contribution in [-0.4, -0.2) is 52.1 Å². The van der Waals surface area contributed by atoms with Gasteiger partial charge in [0.25, 0.3) is 0 Å². The Kier molecular flexibility index (Phi) is 7.56. The number of furan rings is 1. The van der Waals surface area contributed by atoms with Crippen LogP contribution in [0.2, 0.25) is 0 Å². The summed E-state index contributed by atoms with van der Waals surface area (Å²) in [5.74, 6) is 2.31. The second-order valence-electron chi connectivity index (χ2n) is 6.83. The Hall–Kier alpha value is -2.25. The number of hydrogen-bond acceptors (Lipinski definition) is 5. The first-order valence-electron chi connectivity index (χ1n) is 10.0. The van der Waals surface area contributed by atoms with Crippen molar-refractivity contribution in [3.8, 4) is 5.75 Å². The number of nitrogens with one attached hydrogen (secondary N) is 2. The molecule has 0 saturated carbocycles. The Morgan fingerprint density at radius 2 is 2.29 bits per heavy atom. The molecule has 2 heterocycles. The van der Waals surface area contributed by atoms with Gasteiger partial charge in [-0.3, -0.25) is 4.99 Å². The molecule has 0 radical (unpaired) electrons. The van der Waals surface area contributed by atoms with Gasteiger partial charge in [0.15, 0.2) is 17.3 Å². The van der Waals surface area contributed by atoms with Crippen LogP contribution in [0.5, 0.6) is 5.75 Å². The summed E-state index contributed by atoms with van der Waals surface area (Å²) in [6.45, 7) is 7.41. The third kappa shape index (κ3) is 5.39. The molecule has 154 valence electrons. The van der Waals surface area contributed by atoms with E-state index in [1.807, 2.05) is 38.1 Å². The third-order valence-electron chi connectivity index (χ3n) is 4.70. The number of hydrogen-bond donors (Lipinski definition) is 2. The van der Waals surface area contributed by atoms with Crippen molar-refractivity contribution in [1.29, 1.82) is 0 Å². The van der Waals surface area contributed by atoms with Gasteiger partial charge in [-0.15, -0.1) is 0 Å². The van der Waals surface area contributed by atoms with Crippen molar-refractivity contribution in [3.63, 3.8) is 0 Å². The maximum atomic E-state index is 6.05. The lowest BCUT2D eigenvalue weighted by molar-refractivity contribution is 0.0191. The second kappa shape index (κ2) is 10.3. The van der Waals surface area contributed by atoms with Gasteiger partial charge in [0.1, 0.15) is 5.76 Å². The molecule has 7 heteroatoms. The van der Waals surface area contributed by atoms with Crippen LogP contribution in [-0.2, 0) is 9.47 Å². The van der Waals surface area contributed by atoms with Gasteiger partial charge in [-0.2, -0.15) is 0 Å². The smallest absolute Gasteiger partial charge is 0.191 e. The molecule has 1 fully saturated rings. The van der Waals surface area contributed by atoms with Gasteiger partial charge >= 0.3 is 0 Å². The lowest BCUT2D eigenvalue weighted by Gasteiger charge is -2.16. The number of ether oxygens (including phenoxy) is 3. The maximum absolute atomic E-state index is 6.05. The minimum Gasteiger partial charge on any atom is -0.490 e. The lowest BCUT2D eigenvalue weighted by atomic mass is 10.2. The fourth-order valence-corrected chi connectivity index (χ4v) is 3.24. The minimum absolute atomic E-state index is 0.0408. The van der Waals surface area contributed by atoms with Gasteiger partial charge in [-0.1, -0.05) is 12.1 Å². The number of aliphatic imine (C=N–C) groups is 1. The molecule has 1 saturated heterocycles. The summed E-state index contributed by atoms with van der Waals surface area (Å²) in [7, 11) is 1.75. The molecular formula is C21H31N3O4. The summed E-state index contributed by atoms with van der Waals surface area (Å²) >= 11 is 0. The zero-order valence-corrected chi connectivity index (χ0v) is 17.0. The zero-order chi connectivity index (χ0) is 19.8. The summed E-state index contributed by atoms with van der Waals surface area (Å²) < 4.78 is 22.9. The largest absolute Gasteiger partial charge is 0.490 e. The highest BCUT2D eigenvalue weighted by Crippen LogP contribution is 2.31. The van der Waals surface area contributed by atoms with Gasteiger partial charge in [-0.25, -0.2) is 0 Å². The lowest BCUT2D eigenvalue weighted by Crippen LogP contribution is -2.40. The molecule has 0 spiro atoms. The van der Waals surface area contributed by atoms with Crippen LogP contribution in [0.15, 0.2) is 33.7 Å². The van der Waals surface area contributed by atoms with E-state index in [9.17, 15) is 0 Å². The number of rotatable bonds is 9. The second-order valence-corrected chi connectivity index (χ2v) is 6.83. The van der Waals surface area contributed by atoms with Crippen LogP contribution in [0.1, 0.15) is 38.5 Å². The molecule has 28 heavy (non-hydrogen) atoms. The van der Waals surface area contributed by atoms with Crippen molar-refractivity contribution >= 4 is 16.9 Å². The first kappa shape index (κ1) is 20.5. The van der Waals surface area contributed by atoms with Crippen LogP contribution >= 0.6 is 0 Å². The number of para-hydroxylation sites is 1.